The van der Waals surface area contributed by atoms with Crippen LogP contribution in [0, 0.1) is 6.92 Å². The summed E-state index contributed by atoms with van der Waals surface area (Å²) in [5.74, 6) is 0.280. The van der Waals surface area contributed by atoms with E-state index in [1.54, 1.807) is 38.3 Å². The predicted molar refractivity (Wildman–Crippen MR) is 103 cm³/mol. The number of nitrogens with zero attached hydrogens (tertiary/aromatic N) is 1. The number of aryl methyl sites for hydroxylation is 1. The second-order valence-corrected chi connectivity index (χ2v) is 7.96. The van der Waals surface area contributed by atoms with Crippen molar-refractivity contribution in [1.82, 2.24) is 5.32 Å². The third-order valence-electron chi connectivity index (χ3n) is 3.99. The summed E-state index contributed by atoms with van der Waals surface area (Å²) in [5.41, 5.74) is 2.20. The minimum atomic E-state index is -3.63. The van der Waals surface area contributed by atoms with Gasteiger partial charge in [0.05, 0.1) is 19.1 Å². The molecular formula is C19H24N2O4S. The number of rotatable bonds is 7. The second-order valence-electron chi connectivity index (χ2n) is 6.10. The van der Waals surface area contributed by atoms with Gasteiger partial charge in [0.15, 0.2) is 0 Å². The van der Waals surface area contributed by atoms with E-state index in [9.17, 15) is 13.2 Å². The Morgan fingerprint density at radius 3 is 2.50 bits per heavy atom. The van der Waals surface area contributed by atoms with E-state index in [-0.39, 0.29) is 12.5 Å². The molecule has 1 N–H and O–H groups in total. The van der Waals surface area contributed by atoms with Gasteiger partial charge in [-0.3, -0.25) is 9.10 Å². The van der Waals surface area contributed by atoms with Gasteiger partial charge >= 0.3 is 0 Å². The first-order valence-corrected chi connectivity index (χ1v) is 10.0. The molecule has 0 aromatic heterocycles. The van der Waals surface area contributed by atoms with E-state index in [1.807, 2.05) is 31.2 Å². The van der Waals surface area contributed by atoms with Crippen molar-refractivity contribution in [1.29, 1.82) is 0 Å². The number of carbonyl (C=O) groups excluding carboxylic acids is 1. The van der Waals surface area contributed by atoms with E-state index in [0.717, 1.165) is 21.7 Å². The molecule has 140 valence electrons. The fourth-order valence-corrected chi connectivity index (χ4v) is 3.92. The summed E-state index contributed by atoms with van der Waals surface area (Å²) < 4.78 is 31.0. The van der Waals surface area contributed by atoms with Crippen LogP contribution < -0.4 is 14.4 Å². The molecule has 0 bridgehead atoms. The standard InChI is InChI=1S/C19H24N2O4S/c1-14-8-7-10-17(12-14)21(26(4,23)24)15(2)19(22)20-13-16-9-5-6-11-18(16)25-3/h5-12,15H,13H2,1-4H3,(H,20,22)/t15-/m0/s1. The van der Waals surface area contributed by atoms with Crippen LogP contribution in [0.25, 0.3) is 0 Å². The quantitative estimate of drug-likeness (QED) is 0.805. The van der Waals surface area contributed by atoms with Gasteiger partial charge in [-0.2, -0.15) is 0 Å². The van der Waals surface area contributed by atoms with Crippen LogP contribution in [0.2, 0.25) is 0 Å². The van der Waals surface area contributed by atoms with E-state index in [1.165, 1.54) is 0 Å². The number of carbonyl (C=O) groups is 1. The van der Waals surface area contributed by atoms with Gasteiger partial charge in [0, 0.05) is 12.1 Å². The lowest BCUT2D eigenvalue weighted by molar-refractivity contribution is -0.122. The molecule has 0 saturated heterocycles. The molecule has 7 heteroatoms. The molecule has 0 saturated carbocycles. The number of sulfonamides is 1. The second kappa shape index (κ2) is 8.23. The summed E-state index contributed by atoms with van der Waals surface area (Å²) in [6.07, 6.45) is 1.10. The number of para-hydroxylation sites is 1. The van der Waals surface area contributed by atoms with Crippen molar-refractivity contribution in [3.05, 3.63) is 59.7 Å². The molecular weight excluding hydrogens is 352 g/mol. The van der Waals surface area contributed by atoms with Crippen molar-refractivity contribution in [2.75, 3.05) is 17.7 Å². The van der Waals surface area contributed by atoms with Crippen molar-refractivity contribution in [3.63, 3.8) is 0 Å². The normalized spacial score (nSPS) is 12.3. The zero-order valence-electron chi connectivity index (χ0n) is 15.4. The molecule has 0 aliphatic heterocycles. The van der Waals surface area contributed by atoms with Crippen LogP contribution in [0.4, 0.5) is 5.69 Å². The van der Waals surface area contributed by atoms with Crippen LogP contribution in [0.3, 0.4) is 0 Å². The Morgan fingerprint density at radius 1 is 1.19 bits per heavy atom. The van der Waals surface area contributed by atoms with E-state index < -0.39 is 16.1 Å². The smallest absolute Gasteiger partial charge is 0.243 e. The number of methoxy groups -OCH3 is 1. The summed E-state index contributed by atoms with van der Waals surface area (Å²) in [5, 5.41) is 2.79. The summed E-state index contributed by atoms with van der Waals surface area (Å²) in [6, 6.07) is 13.5. The molecule has 2 aromatic carbocycles. The van der Waals surface area contributed by atoms with Gasteiger partial charge < -0.3 is 10.1 Å². The SMILES string of the molecule is COc1ccccc1CNC(=O)[C@H](C)N(c1cccc(C)c1)S(C)(=O)=O. The van der Waals surface area contributed by atoms with E-state index >= 15 is 0 Å². The number of nitrogens with one attached hydrogen (secondary N) is 1. The Hall–Kier alpha value is -2.54. The Morgan fingerprint density at radius 2 is 1.88 bits per heavy atom. The Labute approximate surface area is 154 Å². The molecule has 6 nitrogen and oxygen atoms in total. The first-order chi connectivity index (χ1) is 12.2. The summed E-state index contributed by atoms with van der Waals surface area (Å²) >= 11 is 0. The molecule has 26 heavy (non-hydrogen) atoms. The minimum absolute atomic E-state index is 0.249. The van der Waals surface area contributed by atoms with Crippen LogP contribution in [-0.2, 0) is 21.4 Å². The highest BCUT2D eigenvalue weighted by Gasteiger charge is 2.29. The number of benzene rings is 2. The highest BCUT2D eigenvalue weighted by Crippen LogP contribution is 2.22. The van der Waals surface area contributed by atoms with Crippen molar-refractivity contribution < 1.29 is 17.9 Å². The zero-order chi connectivity index (χ0) is 19.3. The van der Waals surface area contributed by atoms with Gasteiger partial charge in [0.25, 0.3) is 0 Å². The molecule has 0 radical (unpaired) electrons. The number of ether oxygens (including phenoxy) is 1. The maximum Gasteiger partial charge on any atom is 0.243 e. The summed E-state index contributed by atoms with van der Waals surface area (Å²) in [6.45, 7) is 3.69. The average Bonchev–Trinajstić information content (AvgIpc) is 2.58. The lowest BCUT2D eigenvalue weighted by Crippen LogP contribution is -2.47. The molecule has 0 spiro atoms. The molecule has 0 aliphatic carbocycles. The van der Waals surface area contributed by atoms with E-state index in [0.29, 0.717) is 11.4 Å². The van der Waals surface area contributed by atoms with Gasteiger partial charge in [-0.1, -0.05) is 30.3 Å². The fourth-order valence-electron chi connectivity index (χ4n) is 2.75. The first-order valence-electron chi connectivity index (χ1n) is 8.19. The maximum absolute atomic E-state index is 12.6. The molecule has 2 rings (SSSR count). The minimum Gasteiger partial charge on any atom is -0.496 e. The van der Waals surface area contributed by atoms with Gasteiger partial charge in [0.2, 0.25) is 15.9 Å². The van der Waals surface area contributed by atoms with Gasteiger partial charge in [0.1, 0.15) is 11.8 Å². The molecule has 1 amide bonds. The van der Waals surface area contributed by atoms with Crippen molar-refractivity contribution in [2.45, 2.75) is 26.4 Å². The van der Waals surface area contributed by atoms with Crippen molar-refractivity contribution in [2.24, 2.45) is 0 Å². The maximum atomic E-state index is 12.6. The van der Waals surface area contributed by atoms with Crippen LogP contribution >= 0.6 is 0 Å². The Kier molecular flexibility index (Phi) is 6.26. The monoisotopic (exact) mass is 376 g/mol. The number of hydrogen-bond acceptors (Lipinski definition) is 4. The number of anilines is 1. The fraction of sp³-hybridized carbons (Fsp3) is 0.316. The van der Waals surface area contributed by atoms with Crippen LogP contribution in [0.1, 0.15) is 18.1 Å². The highest BCUT2D eigenvalue weighted by atomic mass is 32.2. The summed E-state index contributed by atoms with van der Waals surface area (Å²) in [7, 11) is -2.07. The average molecular weight is 376 g/mol. The predicted octanol–water partition coefficient (Wildman–Crippen LogP) is 2.47. The first kappa shape index (κ1) is 19.8. The topological polar surface area (TPSA) is 75.7 Å². The van der Waals surface area contributed by atoms with Crippen LogP contribution in [0.15, 0.2) is 48.5 Å². The largest absolute Gasteiger partial charge is 0.496 e. The van der Waals surface area contributed by atoms with E-state index in [2.05, 4.69) is 5.32 Å². The molecule has 0 unspecified atom stereocenters. The van der Waals surface area contributed by atoms with Gasteiger partial charge in [-0.25, -0.2) is 8.42 Å². The van der Waals surface area contributed by atoms with Crippen molar-refractivity contribution in [3.8, 4) is 5.75 Å². The zero-order valence-corrected chi connectivity index (χ0v) is 16.2. The Bertz CT molecular complexity index is 881. The molecule has 0 aliphatic rings. The third-order valence-corrected chi connectivity index (χ3v) is 5.23. The highest BCUT2D eigenvalue weighted by molar-refractivity contribution is 7.92. The Balaban J connectivity index is 2.20. The summed E-state index contributed by atoms with van der Waals surface area (Å²) in [4.78, 5) is 12.6. The molecule has 1 atom stereocenters. The number of amides is 1. The van der Waals surface area contributed by atoms with Crippen LogP contribution in [0.5, 0.6) is 5.75 Å². The molecule has 0 fully saturated rings. The lowest BCUT2D eigenvalue weighted by Gasteiger charge is -2.28. The van der Waals surface area contributed by atoms with Crippen LogP contribution in [-0.4, -0.2) is 33.7 Å². The molecule has 2 aromatic rings. The van der Waals surface area contributed by atoms with Crippen molar-refractivity contribution >= 4 is 21.6 Å². The molecule has 0 heterocycles. The van der Waals surface area contributed by atoms with E-state index in [4.69, 9.17) is 4.74 Å². The third kappa shape index (κ3) is 4.76. The van der Waals surface area contributed by atoms with Gasteiger partial charge in [-0.15, -0.1) is 0 Å². The van der Waals surface area contributed by atoms with Gasteiger partial charge in [-0.05, 0) is 37.6 Å². The lowest BCUT2D eigenvalue weighted by atomic mass is 10.2. The number of hydrogen-bond donors (Lipinski definition) is 1.